The Labute approximate surface area is 153 Å². The van der Waals surface area contributed by atoms with Gasteiger partial charge in [0.05, 0.1) is 17.6 Å². The predicted molar refractivity (Wildman–Crippen MR) is 99.1 cm³/mol. The van der Waals surface area contributed by atoms with Crippen molar-refractivity contribution in [3.8, 4) is 0 Å². The van der Waals surface area contributed by atoms with E-state index >= 15 is 0 Å². The van der Waals surface area contributed by atoms with Gasteiger partial charge in [0.2, 0.25) is 10.0 Å². The van der Waals surface area contributed by atoms with Gasteiger partial charge in [-0.3, -0.25) is 4.31 Å². The van der Waals surface area contributed by atoms with E-state index in [4.69, 9.17) is 0 Å². The summed E-state index contributed by atoms with van der Waals surface area (Å²) in [5.41, 5.74) is 1.91. The van der Waals surface area contributed by atoms with Crippen LogP contribution in [-0.2, 0) is 16.4 Å². The summed E-state index contributed by atoms with van der Waals surface area (Å²) in [6.07, 6.45) is 1.77. The molecule has 1 aliphatic heterocycles. The lowest BCUT2D eigenvalue weighted by molar-refractivity contribution is 0.262. The number of nitrogens with zero attached hydrogens (tertiary/aromatic N) is 1. The van der Waals surface area contributed by atoms with Crippen LogP contribution in [-0.4, -0.2) is 27.2 Å². The molecule has 2 aromatic carbocycles. The van der Waals surface area contributed by atoms with Crippen LogP contribution in [0, 0.1) is 5.82 Å². The molecule has 2 N–H and O–H groups in total. The highest BCUT2D eigenvalue weighted by molar-refractivity contribution is 9.10. The summed E-state index contributed by atoms with van der Waals surface area (Å²) in [6, 6.07) is 8.73. The van der Waals surface area contributed by atoms with Gasteiger partial charge in [-0.1, -0.05) is 22.0 Å². The van der Waals surface area contributed by atoms with Crippen molar-refractivity contribution in [1.29, 1.82) is 0 Å². The van der Waals surface area contributed by atoms with Gasteiger partial charge in [0.1, 0.15) is 5.82 Å². The van der Waals surface area contributed by atoms with E-state index in [1.807, 2.05) is 0 Å². The number of urea groups is 1. The third-order valence-corrected chi connectivity index (χ3v) is 5.45. The molecule has 25 heavy (non-hydrogen) atoms. The quantitative estimate of drug-likeness (QED) is 0.785. The van der Waals surface area contributed by atoms with Crippen molar-refractivity contribution in [3.63, 3.8) is 0 Å². The Balaban J connectivity index is 1.76. The molecule has 132 valence electrons. The number of hydrogen-bond donors (Lipinski definition) is 2. The van der Waals surface area contributed by atoms with Gasteiger partial charge in [0.25, 0.3) is 0 Å². The van der Waals surface area contributed by atoms with Crippen LogP contribution in [0.3, 0.4) is 0 Å². The lowest BCUT2D eigenvalue weighted by Crippen LogP contribution is -2.27. The van der Waals surface area contributed by atoms with E-state index in [1.54, 1.807) is 24.3 Å². The zero-order chi connectivity index (χ0) is 18.2. The van der Waals surface area contributed by atoms with E-state index in [1.165, 1.54) is 16.4 Å². The summed E-state index contributed by atoms with van der Waals surface area (Å²) >= 11 is 3.14. The van der Waals surface area contributed by atoms with Gasteiger partial charge in [0.15, 0.2) is 0 Å². The van der Waals surface area contributed by atoms with Crippen molar-refractivity contribution in [2.75, 3.05) is 27.7 Å². The lowest BCUT2D eigenvalue weighted by atomic mass is 10.1. The third-order valence-electron chi connectivity index (χ3n) is 3.78. The minimum Gasteiger partial charge on any atom is -0.308 e. The van der Waals surface area contributed by atoms with Gasteiger partial charge >= 0.3 is 6.03 Å². The number of benzene rings is 2. The Morgan fingerprint density at radius 1 is 1.20 bits per heavy atom. The maximum Gasteiger partial charge on any atom is 0.323 e. The molecule has 9 heteroatoms. The third kappa shape index (κ3) is 3.93. The number of amides is 2. The van der Waals surface area contributed by atoms with Crippen LogP contribution in [0.15, 0.2) is 40.9 Å². The molecular formula is C16H15BrFN3O3S. The lowest BCUT2D eigenvalue weighted by Gasteiger charge is -2.17. The standard InChI is InChI=1S/C16H15BrFN3O3S/c1-25(23,24)21-7-6-10-2-4-12(9-15(10)21)19-16(22)20-14-5-3-11(17)8-13(14)18/h2-5,8-9H,6-7H2,1H3,(H2,19,20,22). The smallest absolute Gasteiger partial charge is 0.308 e. The van der Waals surface area contributed by atoms with Crippen molar-refractivity contribution in [2.24, 2.45) is 0 Å². The van der Waals surface area contributed by atoms with Crippen LogP contribution >= 0.6 is 15.9 Å². The second kappa shape index (κ2) is 6.64. The molecule has 0 saturated heterocycles. The Bertz CT molecular complexity index is 950. The number of sulfonamides is 1. The summed E-state index contributed by atoms with van der Waals surface area (Å²) in [5, 5.41) is 5.00. The van der Waals surface area contributed by atoms with Gasteiger partial charge < -0.3 is 10.6 Å². The molecule has 0 aliphatic carbocycles. The van der Waals surface area contributed by atoms with Crippen molar-refractivity contribution in [2.45, 2.75) is 6.42 Å². The van der Waals surface area contributed by atoms with Crippen molar-refractivity contribution >= 4 is 49.0 Å². The fourth-order valence-electron chi connectivity index (χ4n) is 2.65. The summed E-state index contributed by atoms with van der Waals surface area (Å²) < 4.78 is 39.3. The number of fused-ring (bicyclic) bond motifs is 1. The number of nitrogens with one attached hydrogen (secondary N) is 2. The first-order valence-corrected chi connectivity index (χ1v) is 10.0. The molecule has 0 atom stereocenters. The highest BCUT2D eigenvalue weighted by atomic mass is 79.9. The number of carbonyl (C=O) groups is 1. The van der Waals surface area contributed by atoms with Crippen LogP contribution in [0.5, 0.6) is 0 Å². The Kier molecular flexibility index (Phi) is 4.70. The Morgan fingerprint density at radius 3 is 2.64 bits per heavy atom. The summed E-state index contributed by atoms with van der Waals surface area (Å²) in [7, 11) is -3.37. The van der Waals surface area contributed by atoms with Crippen LogP contribution < -0.4 is 14.9 Å². The zero-order valence-electron chi connectivity index (χ0n) is 13.2. The monoisotopic (exact) mass is 427 g/mol. The molecule has 2 amide bonds. The molecule has 0 spiro atoms. The topological polar surface area (TPSA) is 78.5 Å². The Morgan fingerprint density at radius 2 is 1.96 bits per heavy atom. The van der Waals surface area contributed by atoms with Crippen LogP contribution in [0.2, 0.25) is 0 Å². The first-order valence-electron chi connectivity index (χ1n) is 7.38. The average Bonchev–Trinajstić information content (AvgIpc) is 2.93. The van der Waals surface area contributed by atoms with E-state index in [2.05, 4.69) is 26.6 Å². The van der Waals surface area contributed by atoms with E-state index in [9.17, 15) is 17.6 Å². The molecule has 0 aromatic heterocycles. The highest BCUT2D eigenvalue weighted by Gasteiger charge is 2.26. The largest absolute Gasteiger partial charge is 0.323 e. The van der Waals surface area contributed by atoms with Crippen LogP contribution in [0.4, 0.5) is 26.2 Å². The van der Waals surface area contributed by atoms with Crippen LogP contribution in [0.25, 0.3) is 0 Å². The number of carbonyl (C=O) groups excluding carboxylic acids is 1. The molecule has 2 aromatic rings. The van der Waals surface area contributed by atoms with Crippen molar-refractivity contribution in [1.82, 2.24) is 0 Å². The molecule has 3 rings (SSSR count). The minimum absolute atomic E-state index is 0.0413. The van der Waals surface area contributed by atoms with E-state index in [0.29, 0.717) is 28.8 Å². The molecule has 0 fully saturated rings. The van der Waals surface area contributed by atoms with Gasteiger partial charge in [-0.25, -0.2) is 17.6 Å². The number of anilines is 3. The SMILES string of the molecule is CS(=O)(=O)N1CCc2ccc(NC(=O)Nc3ccc(Br)cc3F)cc21. The molecule has 1 heterocycles. The first-order chi connectivity index (χ1) is 11.7. The van der Waals surface area contributed by atoms with E-state index in [0.717, 1.165) is 11.8 Å². The second-order valence-corrected chi connectivity index (χ2v) is 8.45. The van der Waals surface area contributed by atoms with Gasteiger partial charge in [0, 0.05) is 16.7 Å². The Hall–Kier alpha value is -2.13. The minimum atomic E-state index is -3.37. The molecular weight excluding hydrogens is 413 g/mol. The van der Waals surface area contributed by atoms with Crippen molar-refractivity contribution in [3.05, 3.63) is 52.3 Å². The second-order valence-electron chi connectivity index (χ2n) is 5.63. The highest BCUT2D eigenvalue weighted by Crippen LogP contribution is 2.32. The fraction of sp³-hybridized carbons (Fsp3) is 0.188. The first kappa shape index (κ1) is 17.7. The predicted octanol–water partition coefficient (Wildman–Crippen LogP) is 3.55. The molecule has 0 radical (unpaired) electrons. The average molecular weight is 428 g/mol. The van der Waals surface area contributed by atoms with Gasteiger partial charge in [-0.2, -0.15) is 0 Å². The van der Waals surface area contributed by atoms with E-state index < -0.39 is 21.9 Å². The number of hydrogen-bond acceptors (Lipinski definition) is 3. The maximum atomic E-state index is 13.8. The molecule has 1 aliphatic rings. The van der Waals surface area contributed by atoms with Crippen molar-refractivity contribution < 1.29 is 17.6 Å². The van der Waals surface area contributed by atoms with Gasteiger partial charge in [-0.15, -0.1) is 0 Å². The van der Waals surface area contributed by atoms with Gasteiger partial charge in [-0.05, 0) is 42.3 Å². The van der Waals surface area contributed by atoms with Crippen LogP contribution in [0.1, 0.15) is 5.56 Å². The number of rotatable bonds is 3. The zero-order valence-corrected chi connectivity index (χ0v) is 15.6. The summed E-state index contributed by atoms with van der Waals surface area (Å²) in [5.74, 6) is -0.568. The fourth-order valence-corrected chi connectivity index (χ4v) is 3.93. The molecule has 0 saturated carbocycles. The maximum absolute atomic E-state index is 13.8. The molecule has 0 unspecified atom stereocenters. The summed E-state index contributed by atoms with van der Waals surface area (Å²) in [4.78, 5) is 12.1. The summed E-state index contributed by atoms with van der Waals surface area (Å²) in [6.45, 7) is 0.383. The normalized spacial score (nSPS) is 13.5. The van der Waals surface area contributed by atoms with E-state index in [-0.39, 0.29) is 5.69 Å². The molecule has 0 bridgehead atoms. The number of halogens is 2. The molecule has 6 nitrogen and oxygen atoms in total.